The summed E-state index contributed by atoms with van der Waals surface area (Å²) in [5.41, 5.74) is -0.379. The number of esters is 1. The Hall–Kier alpha value is -0.570. The molecule has 1 saturated heterocycles. The van der Waals surface area contributed by atoms with Gasteiger partial charge in [-0.15, -0.1) is 0 Å². The maximum absolute atomic E-state index is 11.9. The summed E-state index contributed by atoms with van der Waals surface area (Å²) >= 11 is 0. The van der Waals surface area contributed by atoms with Crippen LogP contribution in [0, 0.1) is 0 Å². The van der Waals surface area contributed by atoms with Crippen LogP contribution in [0.1, 0.15) is 59.8 Å². The van der Waals surface area contributed by atoms with E-state index >= 15 is 0 Å². The number of piperidine rings is 1. The molecular formula is C13H25NO2. The molecule has 0 radical (unpaired) electrons. The molecule has 2 atom stereocenters. The third-order valence-corrected chi connectivity index (χ3v) is 2.81. The zero-order valence-electron chi connectivity index (χ0n) is 11.0. The van der Waals surface area contributed by atoms with E-state index in [9.17, 15) is 4.79 Å². The summed E-state index contributed by atoms with van der Waals surface area (Å²) in [7, 11) is 0. The van der Waals surface area contributed by atoms with Gasteiger partial charge < -0.3 is 10.1 Å². The molecule has 3 heteroatoms. The van der Waals surface area contributed by atoms with Gasteiger partial charge in [0.25, 0.3) is 0 Å². The number of nitrogens with one attached hydrogen (secondary N) is 1. The molecule has 0 amide bonds. The van der Waals surface area contributed by atoms with E-state index in [0.717, 1.165) is 19.3 Å². The highest BCUT2D eigenvalue weighted by Gasteiger charge is 2.29. The monoisotopic (exact) mass is 227 g/mol. The first kappa shape index (κ1) is 13.5. The van der Waals surface area contributed by atoms with Crippen LogP contribution >= 0.6 is 0 Å². The summed E-state index contributed by atoms with van der Waals surface area (Å²) in [6.45, 7) is 7.92. The molecule has 0 aromatic rings. The standard InChI is InChI=1S/C13H25NO2/c1-5-7-10-8-6-9-11(14-10)12(15)16-13(2,3)4/h10-11,14H,5-9H2,1-4H3/t10-,11-/m0/s1. The Kier molecular flexibility index (Phi) is 4.78. The van der Waals surface area contributed by atoms with Crippen LogP contribution in [0.15, 0.2) is 0 Å². The van der Waals surface area contributed by atoms with Crippen molar-refractivity contribution in [2.75, 3.05) is 0 Å². The minimum absolute atomic E-state index is 0.0895. The molecule has 0 saturated carbocycles. The molecule has 0 aliphatic carbocycles. The lowest BCUT2D eigenvalue weighted by molar-refractivity contribution is -0.158. The molecule has 1 aliphatic rings. The van der Waals surface area contributed by atoms with Crippen molar-refractivity contribution in [3.63, 3.8) is 0 Å². The van der Waals surface area contributed by atoms with Gasteiger partial charge in [-0.3, -0.25) is 4.79 Å². The molecule has 1 fully saturated rings. The Morgan fingerprint density at radius 1 is 1.38 bits per heavy atom. The van der Waals surface area contributed by atoms with Crippen LogP contribution in [0.3, 0.4) is 0 Å². The lowest BCUT2D eigenvalue weighted by Gasteiger charge is -2.31. The summed E-state index contributed by atoms with van der Waals surface area (Å²) in [6, 6.07) is 0.404. The van der Waals surface area contributed by atoms with Gasteiger partial charge in [-0.25, -0.2) is 0 Å². The molecule has 0 unspecified atom stereocenters. The van der Waals surface area contributed by atoms with Gasteiger partial charge in [-0.1, -0.05) is 13.3 Å². The van der Waals surface area contributed by atoms with Gasteiger partial charge in [0.2, 0.25) is 0 Å². The topological polar surface area (TPSA) is 38.3 Å². The first-order valence-electron chi connectivity index (χ1n) is 6.41. The van der Waals surface area contributed by atoms with Crippen LogP contribution in [-0.4, -0.2) is 23.7 Å². The van der Waals surface area contributed by atoms with Crippen LogP contribution in [0.5, 0.6) is 0 Å². The predicted molar refractivity (Wildman–Crippen MR) is 65.3 cm³/mol. The van der Waals surface area contributed by atoms with E-state index in [2.05, 4.69) is 12.2 Å². The van der Waals surface area contributed by atoms with Crippen molar-refractivity contribution in [1.82, 2.24) is 5.32 Å². The highest BCUT2D eigenvalue weighted by Crippen LogP contribution is 2.19. The number of carbonyl (C=O) groups excluding carboxylic acids is 1. The maximum Gasteiger partial charge on any atom is 0.323 e. The van der Waals surface area contributed by atoms with E-state index in [0.29, 0.717) is 6.04 Å². The van der Waals surface area contributed by atoms with E-state index < -0.39 is 0 Å². The summed E-state index contributed by atoms with van der Waals surface area (Å²) in [5, 5.41) is 3.40. The normalized spacial score (nSPS) is 26.5. The molecule has 1 heterocycles. The fraction of sp³-hybridized carbons (Fsp3) is 0.923. The van der Waals surface area contributed by atoms with E-state index in [-0.39, 0.29) is 17.6 Å². The molecule has 0 spiro atoms. The lowest BCUT2D eigenvalue weighted by Crippen LogP contribution is -2.48. The van der Waals surface area contributed by atoms with E-state index in [1.165, 1.54) is 12.8 Å². The Morgan fingerprint density at radius 2 is 2.06 bits per heavy atom. The summed E-state index contributed by atoms with van der Waals surface area (Å²) < 4.78 is 5.40. The van der Waals surface area contributed by atoms with Crippen LogP contribution in [0.2, 0.25) is 0 Å². The third kappa shape index (κ3) is 4.52. The first-order valence-corrected chi connectivity index (χ1v) is 6.41. The molecular weight excluding hydrogens is 202 g/mol. The predicted octanol–water partition coefficient (Wildman–Crippen LogP) is 2.64. The highest BCUT2D eigenvalue weighted by molar-refractivity contribution is 5.76. The van der Waals surface area contributed by atoms with Crippen molar-refractivity contribution in [2.24, 2.45) is 0 Å². The lowest BCUT2D eigenvalue weighted by atomic mass is 9.95. The van der Waals surface area contributed by atoms with Crippen molar-refractivity contribution in [1.29, 1.82) is 0 Å². The zero-order valence-corrected chi connectivity index (χ0v) is 11.0. The minimum Gasteiger partial charge on any atom is -0.459 e. The Morgan fingerprint density at radius 3 is 2.62 bits per heavy atom. The second-order valence-corrected chi connectivity index (χ2v) is 5.67. The average molecular weight is 227 g/mol. The first-order chi connectivity index (χ1) is 7.42. The van der Waals surface area contributed by atoms with Crippen molar-refractivity contribution in [3.8, 4) is 0 Å². The van der Waals surface area contributed by atoms with Crippen molar-refractivity contribution < 1.29 is 9.53 Å². The van der Waals surface area contributed by atoms with E-state index in [4.69, 9.17) is 4.74 Å². The number of rotatable bonds is 3. The quantitative estimate of drug-likeness (QED) is 0.753. The number of ether oxygens (including phenoxy) is 1. The Balaban J connectivity index is 2.44. The molecule has 0 bridgehead atoms. The van der Waals surface area contributed by atoms with Crippen LogP contribution in [0.4, 0.5) is 0 Å². The molecule has 0 aromatic heterocycles. The summed E-state index contributed by atoms with van der Waals surface area (Å²) in [6.07, 6.45) is 5.54. The van der Waals surface area contributed by atoms with E-state index in [1.807, 2.05) is 20.8 Å². The molecule has 1 aliphatic heterocycles. The average Bonchev–Trinajstić information content (AvgIpc) is 2.16. The zero-order chi connectivity index (χ0) is 12.2. The summed E-state index contributed by atoms with van der Waals surface area (Å²) in [5.74, 6) is -0.0895. The maximum atomic E-state index is 11.9. The molecule has 1 N–H and O–H groups in total. The van der Waals surface area contributed by atoms with Gasteiger partial charge in [0.05, 0.1) is 0 Å². The minimum atomic E-state index is -0.379. The highest BCUT2D eigenvalue weighted by atomic mass is 16.6. The summed E-state index contributed by atoms with van der Waals surface area (Å²) in [4.78, 5) is 11.9. The number of carbonyl (C=O) groups is 1. The SMILES string of the molecule is CCC[C@H]1CCC[C@@H](C(=O)OC(C)(C)C)N1. The van der Waals surface area contributed by atoms with Gasteiger partial charge >= 0.3 is 5.97 Å². The van der Waals surface area contributed by atoms with Gasteiger partial charge in [-0.05, 0) is 46.5 Å². The molecule has 94 valence electrons. The van der Waals surface area contributed by atoms with E-state index in [1.54, 1.807) is 0 Å². The second kappa shape index (κ2) is 5.67. The second-order valence-electron chi connectivity index (χ2n) is 5.67. The number of hydrogen-bond donors (Lipinski definition) is 1. The fourth-order valence-electron chi connectivity index (χ4n) is 2.15. The fourth-order valence-corrected chi connectivity index (χ4v) is 2.15. The van der Waals surface area contributed by atoms with Gasteiger partial charge in [0.1, 0.15) is 11.6 Å². The Labute approximate surface area is 98.9 Å². The van der Waals surface area contributed by atoms with Crippen molar-refractivity contribution >= 4 is 5.97 Å². The van der Waals surface area contributed by atoms with Gasteiger partial charge in [0.15, 0.2) is 0 Å². The Bertz CT molecular complexity index is 231. The largest absolute Gasteiger partial charge is 0.459 e. The molecule has 0 aromatic carbocycles. The van der Waals surface area contributed by atoms with Gasteiger partial charge in [-0.2, -0.15) is 0 Å². The molecule has 16 heavy (non-hydrogen) atoms. The smallest absolute Gasteiger partial charge is 0.323 e. The van der Waals surface area contributed by atoms with Gasteiger partial charge in [0, 0.05) is 6.04 Å². The third-order valence-electron chi connectivity index (χ3n) is 2.81. The van der Waals surface area contributed by atoms with Crippen molar-refractivity contribution in [3.05, 3.63) is 0 Å². The molecule has 3 nitrogen and oxygen atoms in total. The molecule has 1 rings (SSSR count). The van der Waals surface area contributed by atoms with Crippen LogP contribution in [-0.2, 0) is 9.53 Å². The number of hydrogen-bond acceptors (Lipinski definition) is 3. The van der Waals surface area contributed by atoms with Crippen LogP contribution < -0.4 is 5.32 Å². The van der Waals surface area contributed by atoms with Crippen molar-refractivity contribution in [2.45, 2.75) is 77.5 Å². The van der Waals surface area contributed by atoms with Crippen LogP contribution in [0.25, 0.3) is 0 Å².